The molecule has 0 unspecified atom stereocenters. The van der Waals surface area contributed by atoms with Crippen molar-refractivity contribution in [2.75, 3.05) is 0 Å². The largest absolute Gasteiger partial charge is 0.476 e. The van der Waals surface area contributed by atoms with Gasteiger partial charge < -0.3 is 5.11 Å². The van der Waals surface area contributed by atoms with Crippen LogP contribution in [0.5, 0.6) is 0 Å². The average Bonchev–Trinajstić information content (AvgIpc) is 2.49. The molecule has 1 aromatic rings. The van der Waals surface area contributed by atoms with Crippen molar-refractivity contribution in [3.8, 4) is 0 Å². The lowest BCUT2D eigenvalue weighted by Crippen LogP contribution is -2.37. The summed E-state index contributed by atoms with van der Waals surface area (Å²) in [6, 6.07) is 0. The van der Waals surface area contributed by atoms with E-state index in [9.17, 15) is 18.4 Å². The molecule has 1 rings (SSSR count). The highest BCUT2D eigenvalue weighted by atomic mass is 32.1. The van der Waals surface area contributed by atoms with Crippen molar-refractivity contribution in [2.24, 2.45) is 0 Å². The minimum absolute atomic E-state index is 0.234. The molecule has 0 saturated heterocycles. The normalized spacial score (nSPS) is 11.4. The number of carbonyl (C=O) groups is 2. The van der Waals surface area contributed by atoms with E-state index in [4.69, 9.17) is 5.11 Å². The Balaban J connectivity index is 3.09. The van der Waals surface area contributed by atoms with Gasteiger partial charge in [-0.05, 0) is 17.9 Å². The summed E-state index contributed by atoms with van der Waals surface area (Å²) >= 11 is 1.08. The number of ketones is 1. The topological polar surface area (TPSA) is 54.4 Å². The van der Waals surface area contributed by atoms with Gasteiger partial charge in [0.25, 0.3) is 0 Å². The fourth-order valence-corrected chi connectivity index (χ4v) is 1.69. The lowest BCUT2D eigenvalue weighted by molar-refractivity contribution is -0.157. The van der Waals surface area contributed by atoms with Crippen LogP contribution in [0, 0.1) is 6.92 Å². The molecule has 6 heteroatoms. The maximum Gasteiger partial charge on any atom is 0.404 e. The Morgan fingerprint density at radius 1 is 1.43 bits per heavy atom. The van der Waals surface area contributed by atoms with Crippen LogP contribution in [-0.2, 0) is 4.79 Å². The van der Waals surface area contributed by atoms with E-state index < -0.39 is 17.7 Å². The number of aliphatic carboxylic acids is 1. The van der Waals surface area contributed by atoms with Crippen LogP contribution in [0.3, 0.4) is 0 Å². The maximum atomic E-state index is 12.7. The maximum absolute atomic E-state index is 12.7. The molecule has 3 nitrogen and oxygen atoms in total. The minimum Gasteiger partial charge on any atom is -0.476 e. The van der Waals surface area contributed by atoms with Crippen LogP contribution in [0.2, 0.25) is 0 Å². The fourth-order valence-electron chi connectivity index (χ4n) is 0.859. The molecule has 0 atom stereocenters. The second-order valence-electron chi connectivity index (χ2n) is 2.68. The van der Waals surface area contributed by atoms with Gasteiger partial charge in [0.2, 0.25) is 5.78 Å². The van der Waals surface area contributed by atoms with Gasteiger partial charge in [-0.15, -0.1) is 0 Å². The van der Waals surface area contributed by atoms with E-state index >= 15 is 0 Å². The van der Waals surface area contributed by atoms with Crippen molar-refractivity contribution in [1.82, 2.24) is 0 Å². The second-order valence-corrected chi connectivity index (χ2v) is 3.42. The van der Waals surface area contributed by atoms with Gasteiger partial charge in [-0.25, -0.2) is 4.79 Å². The average molecular weight is 220 g/mol. The number of carboxylic acids is 1. The summed E-state index contributed by atoms with van der Waals surface area (Å²) < 4.78 is 25.5. The predicted octanol–water partition coefficient (Wildman–Crippen LogP) is 1.96. The Bertz CT molecular complexity index is 384. The first-order chi connectivity index (χ1) is 6.37. The van der Waals surface area contributed by atoms with E-state index in [0.717, 1.165) is 11.3 Å². The predicted molar refractivity (Wildman–Crippen MR) is 46.0 cm³/mol. The Labute approximate surface area is 82.0 Å². The zero-order chi connectivity index (χ0) is 10.9. The van der Waals surface area contributed by atoms with Crippen LogP contribution >= 0.6 is 11.3 Å². The molecule has 0 spiro atoms. The smallest absolute Gasteiger partial charge is 0.404 e. The molecule has 0 aliphatic rings. The van der Waals surface area contributed by atoms with Crippen LogP contribution in [0.1, 0.15) is 15.9 Å². The highest BCUT2D eigenvalue weighted by molar-refractivity contribution is 7.08. The molecule has 76 valence electrons. The van der Waals surface area contributed by atoms with Crippen molar-refractivity contribution in [3.05, 3.63) is 21.9 Å². The minimum atomic E-state index is -4.34. The number of hydrogen-bond acceptors (Lipinski definition) is 3. The third-order valence-electron chi connectivity index (χ3n) is 1.65. The molecule has 0 aliphatic carbocycles. The molecule has 0 amide bonds. The Hall–Kier alpha value is -1.30. The Morgan fingerprint density at radius 2 is 2.00 bits per heavy atom. The van der Waals surface area contributed by atoms with E-state index in [0.29, 0.717) is 5.56 Å². The molecule has 0 aliphatic heterocycles. The number of carbonyl (C=O) groups excluding carboxylic acids is 1. The number of rotatable bonds is 3. The van der Waals surface area contributed by atoms with Crippen LogP contribution < -0.4 is 0 Å². The van der Waals surface area contributed by atoms with Crippen molar-refractivity contribution in [3.63, 3.8) is 0 Å². The molecule has 0 saturated carbocycles. The molecule has 1 aromatic heterocycles. The number of thiophene rings is 1. The molecule has 1 N–H and O–H groups in total. The lowest BCUT2D eigenvalue weighted by Gasteiger charge is -2.08. The monoisotopic (exact) mass is 220 g/mol. The standard InChI is InChI=1S/C8H6F2O3S/c1-4-2-14-3-5(4)6(11)8(9,10)7(12)13/h2-3H,1H3,(H,12,13). The van der Waals surface area contributed by atoms with Gasteiger partial charge in [-0.2, -0.15) is 20.1 Å². The van der Waals surface area contributed by atoms with Crippen LogP contribution in [0.4, 0.5) is 8.78 Å². The number of alkyl halides is 2. The summed E-state index contributed by atoms with van der Waals surface area (Å²) in [5.74, 6) is -8.43. The zero-order valence-electron chi connectivity index (χ0n) is 7.08. The summed E-state index contributed by atoms with van der Waals surface area (Å²) in [7, 11) is 0. The number of carboxylic acid groups (broad SMARTS) is 1. The van der Waals surface area contributed by atoms with E-state index in [1.165, 1.54) is 17.7 Å². The van der Waals surface area contributed by atoms with E-state index in [1.807, 2.05) is 0 Å². The molecule has 0 fully saturated rings. The van der Waals surface area contributed by atoms with Crippen molar-refractivity contribution in [2.45, 2.75) is 12.8 Å². The summed E-state index contributed by atoms with van der Waals surface area (Å²) in [4.78, 5) is 21.2. The van der Waals surface area contributed by atoms with Gasteiger partial charge in [0.15, 0.2) is 0 Å². The first-order valence-corrected chi connectivity index (χ1v) is 4.50. The Morgan fingerprint density at radius 3 is 2.36 bits per heavy atom. The van der Waals surface area contributed by atoms with Gasteiger partial charge in [-0.3, -0.25) is 4.79 Å². The van der Waals surface area contributed by atoms with Crippen LogP contribution in [0.15, 0.2) is 10.8 Å². The van der Waals surface area contributed by atoms with Gasteiger partial charge in [-0.1, -0.05) is 0 Å². The summed E-state index contributed by atoms with van der Waals surface area (Å²) in [5, 5.41) is 10.9. The van der Waals surface area contributed by atoms with Gasteiger partial charge >= 0.3 is 11.9 Å². The molecule has 14 heavy (non-hydrogen) atoms. The van der Waals surface area contributed by atoms with Gasteiger partial charge in [0.05, 0.1) is 0 Å². The SMILES string of the molecule is Cc1cscc1C(=O)C(F)(F)C(=O)O. The second kappa shape index (κ2) is 3.45. The van der Waals surface area contributed by atoms with Crippen molar-refractivity contribution >= 4 is 23.1 Å². The highest BCUT2D eigenvalue weighted by Crippen LogP contribution is 2.24. The molecular formula is C8H6F2O3S. The van der Waals surface area contributed by atoms with Crippen LogP contribution in [0.25, 0.3) is 0 Å². The molecule has 0 aromatic carbocycles. The molecule has 0 radical (unpaired) electrons. The number of Topliss-reactive ketones (excluding diaryl/α,β-unsaturated/α-hetero) is 1. The summed E-state index contributed by atoms with van der Waals surface area (Å²) in [6.07, 6.45) is 0. The van der Waals surface area contributed by atoms with Gasteiger partial charge in [0.1, 0.15) is 0 Å². The van der Waals surface area contributed by atoms with E-state index in [1.54, 1.807) is 0 Å². The third-order valence-corrected chi connectivity index (χ3v) is 2.52. The van der Waals surface area contributed by atoms with Crippen molar-refractivity contribution in [1.29, 1.82) is 0 Å². The van der Waals surface area contributed by atoms with E-state index in [-0.39, 0.29) is 5.56 Å². The highest BCUT2D eigenvalue weighted by Gasteiger charge is 2.48. The Kier molecular flexibility index (Phi) is 2.66. The van der Waals surface area contributed by atoms with Crippen molar-refractivity contribution < 1.29 is 23.5 Å². The quantitative estimate of drug-likeness (QED) is 0.625. The summed E-state index contributed by atoms with van der Waals surface area (Å²) in [5.41, 5.74) is 0.128. The van der Waals surface area contributed by atoms with E-state index in [2.05, 4.69) is 0 Å². The van der Waals surface area contributed by atoms with Crippen LogP contribution in [-0.4, -0.2) is 22.8 Å². The number of hydrogen-bond donors (Lipinski definition) is 1. The first kappa shape index (κ1) is 10.8. The molecular weight excluding hydrogens is 214 g/mol. The van der Waals surface area contributed by atoms with Gasteiger partial charge in [0, 0.05) is 10.9 Å². The first-order valence-electron chi connectivity index (χ1n) is 3.56. The zero-order valence-corrected chi connectivity index (χ0v) is 7.90. The molecule has 1 heterocycles. The lowest BCUT2D eigenvalue weighted by atomic mass is 10.1. The number of halogens is 2. The molecule has 0 bridgehead atoms. The number of aryl methyl sites for hydroxylation is 1. The third kappa shape index (κ3) is 1.65. The fraction of sp³-hybridized carbons (Fsp3) is 0.250. The summed E-state index contributed by atoms with van der Waals surface area (Å²) in [6.45, 7) is 1.47.